The molecule has 0 aliphatic rings. The van der Waals surface area contributed by atoms with E-state index in [9.17, 15) is 4.79 Å². The minimum absolute atomic E-state index is 0.0270. The van der Waals surface area contributed by atoms with Crippen molar-refractivity contribution in [3.05, 3.63) is 47.9 Å². The topological polar surface area (TPSA) is 112 Å². The first-order valence-electron chi connectivity index (χ1n) is 7.31. The van der Waals surface area contributed by atoms with Crippen molar-refractivity contribution in [1.29, 1.82) is 5.26 Å². The fraction of sp³-hybridized carbons (Fsp3) is 0.250. The number of amides is 1. The largest absolute Gasteiger partial charge is 0.480 e. The molecule has 8 nitrogen and oxygen atoms in total. The van der Waals surface area contributed by atoms with Gasteiger partial charge < -0.3 is 19.8 Å². The maximum atomic E-state index is 11.7. The van der Waals surface area contributed by atoms with Crippen molar-refractivity contribution in [3.8, 4) is 6.07 Å². The third-order valence-electron chi connectivity index (χ3n) is 2.87. The van der Waals surface area contributed by atoms with Crippen LogP contribution in [0.1, 0.15) is 18.2 Å². The van der Waals surface area contributed by atoms with Crippen molar-refractivity contribution in [2.24, 2.45) is 4.99 Å². The monoisotopic (exact) mass is 327 g/mol. The van der Waals surface area contributed by atoms with E-state index in [1.165, 1.54) is 6.33 Å². The van der Waals surface area contributed by atoms with Gasteiger partial charge in [-0.1, -0.05) is 30.3 Å². The maximum Gasteiger partial charge on any atom is 0.407 e. The van der Waals surface area contributed by atoms with Crippen LogP contribution in [-0.4, -0.2) is 35.1 Å². The standard InChI is InChI=1S/C16H17N5O3/c1-2-23-14(21-15-13(8-17)19-11-20-15)9-18-16(22)24-10-12-6-4-3-5-7-12/h3-7,11H,2,9-10H2,1H3,(H,18,22)(H,19,20)/b21-14-. The molecule has 2 N–H and O–H groups in total. The lowest BCUT2D eigenvalue weighted by Crippen LogP contribution is -2.31. The van der Waals surface area contributed by atoms with Crippen LogP contribution in [0, 0.1) is 11.3 Å². The molecule has 0 saturated carbocycles. The number of ether oxygens (including phenoxy) is 2. The number of rotatable bonds is 6. The zero-order chi connectivity index (χ0) is 17.2. The fourth-order valence-corrected chi connectivity index (χ4v) is 1.78. The lowest BCUT2D eigenvalue weighted by molar-refractivity contribution is 0.140. The third-order valence-corrected chi connectivity index (χ3v) is 2.87. The van der Waals surface area contributed by atoms with E-state index in [1.54, 1.807) is 6.92 Å². The summed E-state index contributed by atoms with van der Waals surface area (Å²) in [5.41, 5.74) is 1.11. The van der Waals surface area contributed by atoms with E-state index in [2.05, 4.69) is 20.3 Å². The molecule has 0 aliphatic heterocycles. The number of hydrogen-bond donors (Lipinski definition) is 2. The lowest BCUT2D eigenvalue weighted by Gasteiger charge is -2.09. The van der Waals surface area contributed by atoms with Crippen molar-refractivity contribution >= 4 is 17.8 Å². The van der Waals surface area contributed by atoms with E-state index >= 15 is 0 Å². The van der Waals surface area contributed by atoms with Gasteiger partial charge in [-0.15, -0.1) is 0 Å². The highest BCUT2D eigenvalue weighted by Crippen LogP contribution is 2.12. The molecule has 1 aromatic carbocycles. The highest BCUT2D eigenvalue weighted by molar-refractivity contribution is 5.84. The van der Waals surface area contributed by atoms with Crippen molar-refractivity contribution in [1.82, 2.24) is 15.3 Å². The van der Waals surface area contributed by atoms with E-state index in [0.29, 0.717) is 6.61 Å². The number of carbonyl (C=O) groups excluding carboxylic acids is 1. The normalized spacial score (nSPS) is 10.8. The van der Waals surface area contributed by atoms with Gasteiger partial charge in [0.05, 0.1) is 19.5 Å². The number of alkyl carbamates (subject to hydrolysis) is 1. The van der Waals surface area contributed by atoms with E-state index in [-0.39, 0.29) is 30.6 Å². The molecule has 2 aromatic rings. The molecule has 2 rings (SSSR count). The van der Waals surface area contributed by atoms with Crippen LogP contribution in [-0.2, 0) is 16.1 Å². The Bertz CT molecular complexity index is 734. The predicted octanol–water partition coefficient (Wildman–Crippen LogP) is 2.27. The Balaban J connectivity index is 1.89. The SMILES string of the molecule is CCO/C(CNC(=O)OCc1ccccc1)=N\c1nc[nH]c1C#N. The number of nitriles is 1. The van der Waals surface area contributed by atoms with Gasteiger partial charge in [0.25, 0.3) is 0 Å². The van der Waals surface area contributed by atoms with Crippen LogP contribution in [0.25, 0.3) is 0 Å². The van der Waals surface area contributed by atoms with Gasteiger partial charge in [-0.3, -0.25) is 0 Å². The molecule has 1 aromatic heterocycles. The van der Waals surface area contributed by atoms with Gasteiger partial charge in [0, 0.05) is 0 Å². The van der Waals surface area contributed by atoms with Crippen LogP contribution in [0.15, 0.2) is 41.7 Å². The number of carbonyl (C=O) groups is 1. The van der Waals surface area contributed by atoms with Crippen LogP contribution >= 0.6 is 0 Å². The van der Waals surface area contributed by atoms with Crippen molar-refractivity contribution in [2.75, 3.05) is 13.2 Å². The zero-order valence-corrected chi connectivity index (χ0v) is 13.2. The number of imidazole rings is 1. The Morgan fingerprint density at radius 2 is 2.17 bits per heavy atom. The van der Waals surface area contributed by atoms with Crippen LogP contribution in [0.3, 0.4) is 0 Å². The second-order valence-electron chi connectivity index (χ2n) is 4.57. The Morgan fingerprint density at radius 1 is 1.38 bits per heavy atom. The average Bonchev–Trinajstić information content (AvgIpc) is 3.06. The van der Waals surface area contributed by atoms with Crippen LogP contribution in [0.5, 0.6) is 0 Å². The zero-order valence-electron chi connectivity index (χ0n) is 13.2. The molecule has 124 valence electrons. The van der Waals surface area contributed by atoms with Crippen LogP contribution < -0.4 is 5.32 Å². The van der Waals surface area contributed by atoms with Gasteiger partial charge in [-0.05, 0) is 12.5 Å². The quantitative estimate of drug-likeness (QED) is 0.624. The third kappa shape index (κ3) is 5.14. The molecule has 24 heavy (non-hydrogen) atoms. The molecular weight excluding hydrogens is 310 g/mol. The van der Waals surface area contributed by atoms with E-state index in [4.69, 9.17) is 14.7 Å². The number of nitrogens with zero attached hydrogens (tertiary/aromatic N) is 3. The minimum Gasteiger partial charge on any atom is -0.480 e. The fourth-order valence-electron chi connectivity index (χ4n) is 1.78. The van der Waals surface area contributed by atoms with Gasteiger partial charge in [-0.25, -0.2) is 9.78 Å². The molecule has 0 atom stereocenters. The van der Waals surface area contributed by atoms with Gasteiger partial charge in [-0.2, -0.15) is 10.3 Å². The Kier molecular flexibility index (Phi) is 6.35. The van der Waals surface area contributed by atoms with Gasteiger partial charge >= 0.3 is 6.09 Å². The Labute approximate surface area is 139 Å². The highest BCUT2D eigenvalue weighted by atomic mass is 16.5. The molecular formula is C16H17N5O3. The summed E-state index contributed by atoms with van der Waals surface area (Å²) in [5, 5.41) is 11.5. The minimum atomic E-state index is -0.589. The predicted molar refractivity (Wildman–Crippen MR) is 86.7 cm³/mol. The molecule has 8 heteroatoms. The van der Waals surface area contributed by atoms with Gasteiger partial charge in [0.1, 0.15) is 12.7 Å². The molecule has 0 aliphatic carbocycles. The summed E-state index contributed by atoms with van der Waals surface area (Å²) in [4.78, 5) is 22.4. The first-order chi connectivity index (χ1) is 11.7. The number of nitrogens with one attached hydrogen (secondary N) is 2. The van der Waals surface area contributed by atoms with Crippen LogP contribution in [0.4, 0.5) is 10.6 Å². The second-order valence-corrected chi connectivity index (χ2v) is 4.57. The number of aromatic nitrogens is 2. The van der Waals surface area contributed by atoms with Crippen molar-refractivity contribution in [3.63, 3.8) is 0 Å². The second kappa shape index (κ2) is 8.95. The van der Waals surface area contributed by atoms with Gasteiger partial charge in [0.15, 0.2) is 11.5 Å². The number of hydrogen-bond acceptors (Lipinski definition) is 6. The molecule has 0 radical (unpaired) electrons. The summed E-state index contributed by atoms with van der Waals surface area (Å²) in [6.45, 7) is 2.36. The highest BCUT2D eigenvalue weighted by Gasteiger charge is 2.09. The molecule has 0 unspecified atom stereocenters. The average molecular weight is 327 g/mol. The number of H-pyrrole nitrogens is 1. The first kappa shape index (κ1) is 17.0. The summed E-state index contributed by atoms with van der Waals surface area (Å²) in [5.74, 6) is 0.443. The molecule has 0 spiro atoms. The smallest absolute Gasteiger partial charge is 0.407 e. The number of aromatic amines is 1. The summed E-state index contributed by atoms with van der Waals surface area (Å²) in [6, 6.07) is 11.3. The summed E-state index contributed by atoms with van der Waals surface area (Å²) >= 11 is 0. The summed E-state index contributed by atoms with van der Waals surface area (Å²) < 4.78 is 10.4. The molecule has 1 amide bonds. The molecule has 0 bridgehead atoms. The molecule has 0 saturated heterocycles. The first-order valence-corrected chi connectivity index (χ1v) is 7.31. The van der Waals surface area contributed by atoms with E-state index in [0.717, 1.165) is 5.56 Å². The van der Waals surface area contributed by atoms with E-state index < -0.39 is 6.09 Å². The van der Waals surface area contributed by atoms with E-state index in [1.807, 2.05) is 36.4 Å². The Hall–Kier alpha value is -3.34. The van der Waals surface area contributed by atoms with Gasteiger partial charge in [0.2, 0.25) is 5.90 Å². The summed E-state index contributed by atoms with van der Waals surface area (Å²) in [7, 11) is 0. The lowest BCUT2D eigenvalue weighted by atomic mass is 10.2. The number of benzene rings is 1. The molecule has 0 fully saturated rings. The van der Waals surface area contributed by atoms with Crippen molar-refractivity contribution < 1.29 is 14.3 Å². The molecule has 1 heterocycles. The summed E-state index contributed by atoms with van der Waals surface area (Å²) in [6.07, 6.45) is 0.775. The van der Waals surface area contributed by atoms with Crippen molar-refractivity contribution in [2.45, 2.75) is 13.5 Å². The Morgan fingerprint density at radius 3 is 2.88 bits per heavy atom. The van der Waals surface area contributed by atoms with Crippen LogP contribution in [0.2, 0.25) is 0 Å². The number of aliphatic imine (C=N–C) groups is 1. The maximum absolute atomic E-state index is 11.7.